The van der Waals surface area contributed by atoms with E-state index >= 15 is 0 Å². The van der Waals surface area contributed by atoms with Gasteiger partial charge in [-0.25, -0.2) is 9.97 Å². The summed E-state index contributed by atoms with van der Waals surface area (Å²) in [6.45, 7) is 1.20. The number of esters is 1. The van der Waals surface area contributed by atoms with Crippen LogP contribution in [0.5, 0.6) is 0 Å². The molecule has 104 valence electrons. The van der Waals surface area contributed by atoms with Crippen LogP contribution >= 0.6 is 11.6 Å². The number of carbonyl (C=O) groups is 2. The average Bonchev–Trinajstić information content (AvgIpc) is 2.26. The Morgan fingerprint density at radius 1 is 1.32 bits per heavy atom. The van der Waals surface area contributed by atoms with Crippen molar-refractivity contribution in [3.63, 3.8) is 0 Å². The maximum absolute atomic E-state index is 12.8. The molecule has 1 aromatic rings. The van der Waals surface area contributed by atoms with Gasteiger partial charge in [0.25, 0.3) is 0 Å². The quantitative estimate of drug-likeness (QED) is 0.370. The summed E-state index contributed by atoms with van der Waals surface area (Å²) in [6.07, 6.45) is -5.75. The predicted molar refractivity (Wildman–Crippen MR) is 57.7 cm³/mol. The molecular formula is C10H8ClF3N2O3. The Morgan fingerprint density at radius 2 is 1.89 bits per heavy atom. The summed E-state index contributed by atoms with van der Waals surface area (Å²) >= 11 is 5.54. The van der Waals surface area contributed by atoms with Crippen molar-refractivity contribution in [3.05, 3.63) is 22.2 Å². The predicted octanol–water partition coefficient (Wildman–Crippen LogP) is 2.20. The lowest BCUT2D eigenvalue weighted by Crippen LogP contribution is -2.20. The van der Waals surface area contributed by atoms with E-state index in [-0.39, 0.29) is 5.82 Å². The lowest BCUT2D eigenvalue weighted by Gasteiger charge is -2.12. The van der Waals surface area contributed by atoms with Gasteiger partial charge in [-0.2, -0.15) is 13.2 Å². The number of aromatic nitrogens is 2. The van der Waals surface area contributed by atoms with E-state index in [1.807, 2.05) is 0 Å². The molecule has 19 heavy (non-hydrogen) atoms. The first-order chi connectivity index (χ1) is 8.66. The molecule has 0 saturated carbocycles. The Kier molecular flexibility index (Phi) is 4.46. The molecule has 0 amide bonds. The zero-order valence-electron chi connectivity index (χ0n) is 9.84. The number of ketones is 1. The molecule has 1 heterocycles. The number of halogens is 4. The Morgan fingerprint density at radius 3 is 2.37 bits per heavy atom. The van der Waals surface area contributed by atoms with E-state index in [2.05, 4.69) is 14.7 Å². The van der Waals surface area contributed by atoms with E-state index in [4.69, 9.17) is 11.6 Å². The minimum atomic E-state index is -4.88. The second-order valence-electron chi connectivity index (χ2n) is 3.46. The van der Waals surface area contributed by atoms with E-state index < -0.39 is 40.8 Å². The average molecular weight is 297 g/mol. The van der Waals surface area contributed by atoms with Crippen LogP contribution in [0.25, 0.3) is 0 Å². The van der Waals surface area contributed by atoms with Crippen molar-refractivity contribution in [1.82, 2.24) is 9.97 Å². The molecule has 9 heteroatoms. The van der Waals surface area contributed by atoms with Gasteiger partial charge in [0, 0.05) is 0 Å². The Labute approximate surface area is 110 Å². The van der Waals surface area contributed by atoms with E-state index in [9.17, 15) is 22.8 Å². The number of methoxy groups -OCH3 is 1. The van der Waals surface area contributed by atoms with Gasteiger partial charge in [-0.05, 0) is 6.92 Å². The third-order valence-electron chi connectivity index (χ3n) is 2.06. The normalized spacial score (nSPS) is 11.3. The number of nitrogens with zero attached hydrogens (tertiary/aromatic N) is 2. The Bertz CT molecular complexity index is 531. The molecule has 0 aliphatic rings. The third kappa shape index (κ3) is 3.63. The molecule has 0 aliphatic heterocycles. The number of ether oxygens (including phenoxy) is 1. The highest BCUT2D eigenvalue weighted by atomic mass is 35.5. The number of rotatable bonds is 3. The topological polar surface area (TPSA) is 69.2 Å². The van der Waals surface area contributed by atoms with Crippen molar-refractivity contribution in [1.29, 1.82) is 0 Å². The van der Waals surface area contributed by atoms with Gasteiger partial charge >= 0.3 is 12.1 Å². The van der Waals surface area contributed by atoms with Crippen LogP contribution in [0.15, 0.2) is 0 Å². The van der Waals surface area contributed by atoms with E-state index in [1.165, 1.54) is 6.92 Å². The molecular weight excluding hydrogens is 289 g/mol. The number of Topliss-reactive ketones (excluding diaryl/α,β-unsaturated/α-hetero) is 1. The standard InChI is InChI=1S/C10H8ClF3N2O3/c1-4-15-8(10(12,13)14)7(9(11)16-4)5(17)3-6(18)19-2/h3H2,1-2H3. The second kappa shape index (κ2) is 5.52. The minimum Gasteiger partial charge on any atom is -0.469 e. The fourth-order valence-electron chi connectivity index (χ4n) is 1.28. The Balaban J connectivity index is 3.33. The van der Waals surface area contributed by atoms with Crippen LogP contribution < -0.4 is 0 Å². The van der Waals surface area contributed by atoms with Gasteiger partial charge in [-0.1, -0.05) is 11.6 Å². The molecule has 1 aromatic heterocycles. The maximum Gasteiger partial charge on any atom is 0.434 e. The summed E-state index contributed by atoms with van der Waals surface area (Å²) in [5, 5.41) is -0.645. The van der Waals surface area contributed by atoms with Crippen molar-refractivity contribution in [2.45, 2.75) is 19.5 Å². The van der Waals surface area contributed by atoms with Crippen molar-refractivity contribution in [3.8, 4) is 0 Å². The first-order valence-corrected chi connectivity index (χ1v) is 5.26. The number of hydrogen-bond acceptors (Lipinski definition) is 5. The van der Waals surface area contributed by atoms with Crippen LogP contribution in [-0.4, -0.2) is 28.8 Å². The van der Waals surface area contributed by atoms with Crippen molar-refractivity contribution in [2.75, 3.05) is 7.11 Å². The fraction of sp³-hybridized carbons (Fsp3) is 0.400. The van der Waals surface area contributed by atoms with Gasteiger partial charge < -0.3 is 4.74 Å². The molecule has 0 radical (unpaired) electrons. The monoisotopic (exact) mass is 296 g/mol. The molecule has 1 rings (SSSR count). The molecule has 0 aliphatic carbocycles. The van der Waals surface area contributed by atoms with Crippen LogP contribution in [0.3, 0.4) is 0 Å². The zero-order valence-corrected chi connectivity index (χ0v) is 10.6. The second-order valence-corrected chi connectivity index (χ2v) is 3.82. The van der Waals surface area contributed by atoms with E-state index in [0.717, 1.165) is 7.11 Å². The summed E-state index contributed by atoms with van der Waals surface area (Å²) in [7, 11) is 1.01. The number of carbonyl (C=O) groups excluding carboxylic acids is 2. The van der Waals surface area contributed by atoms with E-state index in [1.54, 1.807) is 0 Å². The lowest BCUT2D eigenvalue weighted by molar-refractivity contribution is -0.142. The molecule has 0 bridgehead atoms. The number of alkyl halides is 3. The van der Waals surface area contributed by atoms with Gasteiger partial charge in [0.1, 0.15) is 17.4 Å². The molecule has 0 N–H and O–H groups in total. The van der Waals surface area contributed by atoms with Crippen LogP contribution in [0, 0.1) is 6.92 Å². The number of aryl methyl sites for hydroxylation is 1. The Hall–Kier alpha value is -1.70. The van der Waals surface area contributed by atoms with Crippen LogP contribution in [0.1, 0.15) is 28.3 Å². The summed E-state index contributed by atoms with van der Waals surface area (Å²) in [4.78, 5) is 29.2. The first-order valence-electron chi connectivity index (χ1n) is 4.88. The zero-order chi connectivity index (χ0) is 14.8. The lowest BCUT2D eigenvalue weighted by atomic mass is 10.1. The first kappa shape index (κ1) is 15.4. The summed E-state index contributed by atoms with van der Waals surface area (Å²) < 4.78 is 42.5. The van der Waals surface area contributed by atoms with E-state index in [0.29, 0.717) is 0 Å². The van der Waals surface area contributed by atoms with Crippen molar-refractivity contribution in [2.24, 2.45) is 0 Å². The van der Waals surface area contributed by atoms with Gasteiger partial charge in [0.2, 0.25) is 0 Å². The van der Waals surface area contributed by atoms with Gasteiger partial charge in [0.05, 0.1) is 12.7 Å². The summed E-state index contributed by atoms with van der Waals surface area (Å²) in [5.41, 5.74) is -2.39. The molecule has 0 aromatic carbocycles. The molecule has 0 spiro atoms. The van der Waals surface area contributed by atoms with Gasteiger partial charge in [0.15, 0.2) is 11.5 Å². The summed E-state index contributed by atoms with van der Waals surface area (Å²) in [6, 6.07) is 0. The molecule has 0 atom stereocenters. The highest BCUT2D eigenvalue weighted by Gasteiger charge is 2.39. The molecule has 5 nitrogen and oxygen atoms in total. The smallest absolute Gasteiger partial charge is 0.434 e. The maximum atomic E-state index is 12.8. The highest BCUT2D eigenvalue weighted by Crippen LogP contribution is 2.33. The van der Waals surface area contributed by atoms with Crippen LogP contribution in [0.4, 0.5) is 13.2 Å². The molecule has 0 fully saturated rings. The highest BCUT2D eigenvalue weighted by molar-refractivity contribution is 6.33. The largest absolute Gasteiger partial charge is 0.469 e. The fourth-order valence-corrected chi connectivity index (χ4v) is 1.60. The van der Waals surface area contributed by atoms with Crippen LogP contribution in [0.2, 0.25) is 5.15 Å². The number of hydrogen-bond donors (Lipinski definition) is 0. The van der Waals surface area contributed by atoms with Crippen molar-refractivity contribution < 1.29 is 27.5 Å². The molecule has 0 unspecified atom stereocenters. The third-order valence-corrected chi connectivity index (χ3v) is 2.33. The van der Waals surface area contributed by atoms with Gasteiger partial charge in [-0.15, -0.1) is 0 Å². The summed E-state index contributed by atoms with van der Waals surface area (Å²) in [5.74, 6) is -2.36. The SMILES string of the molecule is COC(=O)CC(=O)c1c(Cl)nc(C)nc1C(F)(F)F. The van der Waals surface area contributed by atoms with Crippen molar-refractivity contribution >= 4 is 23.4 Å². The molecule has 0 saturated heterocycles. The minimum absolute atomic E-state index is 0.230. The van der Waals surface area contributed by atoms with Gasteiger partial charge in [-0.3, -0.25) is 9.59 Å². The van der Waals surface area contributed by atoms with Crippen LogP contribution in [-0.2, 0) is 15.7 Å².